The lowest BCUT2D eigenvalue weighted by atomic mass is 9.90. The number of morpholine rings is 1. The first-order valence-corrected chi connectivity index (χ1v) is 14.0. The van der Waals surface area contributed by atoms with Crippen molar-refractivity contribution in [3.05, 3.63) is 90.8 Å². The summed E-state index contributed by atoms with van der Waals surface area (Å²) in [5.74, 6) is 1.35. The van der Waals surface area contributed by atoms with Gasteiger partial charge < -0.3 is 23.5 Å². The van der Waals surface area contributed by atoms with Crippen LogP contribution >= 0.6 is 11.3 Å². The molecule has 6 rings (SSSR count). The van der Waals surface area contributed by atoms with E-state index in [0.29, 0.717) is 50.9 Å². The van der Waals surface area contributed by atoms with Crippen LogP contribution in [-0.2, 0) is 14.3 Å². The highest BCUT2D eigenvalue weighted by molar-refractivity contribution is 7.07. The molecule has 4 heterocycles. The standard InChI is InChI=1S/C30H29N3O6S/c1-4-38-29(35)25-18(2)31-30-33(27(25)26-21-8-6-5-7-19(21)9-11-22(26)36-3)28(34)23(40-30)17-20-10-12-24(39-20)32-13-15-37-16-14-32/h5-12,17,27H,4,13-16H2,1-3H3/b23-17+/t27-/m1/s1. The molecular weight excluding hydrogens is 530 g/mol. The van der Waals surface area contributed by atoms with Crippen LogP contribution in [0.2, 0.25) is 0 Å². The maximum atomic E-state index is 14.1. The normalized spacial score (nSPS) is 17.6. The SMILES string of the molecule is CCOC(=O)C1=C(C)N=c2s/c(=C/c3ccc(N4CCOCC4)o3)c(=O)n2[C@H]1c1c(OC)ccc2ccccc12. The fourth-order valence-electron chi connectivity index (χ4n) is 5.30. The molecule has 2 aliphatic rings. The quantitative estimate of drug-likeness (QED) is 0.334. The maximum absolute atomic E-state index is 14.1. The lowest BCUT2D eigenvalue weighted by Crippen LogP contribution is -2.40. The number of carbonyl (C=O) groups is 1. The zero-order chi connectivity index (χ0) is 27.8. The predicted molar refractivity (Wildman–Crippen MR) is 153 cm³/mol. The lowest BCUT2D eigenvalue weighted by Gasteiger charge is -2.27. The fraction of sp³-hybridized carbons (Fsp3) is 0.300. The Hall–Kier alpha value is -4.15. The van der Waals surface area contributed by atoms with E-state index in [9.17, 15) is 9.59 Å². The molecule has 1 saturated heterocycles. The smallest absolute Gasteiger partial charge is 0.338 e. The maximum Gasteiger partial charge on any atom is 0.338 e. The highest BCUT2D eigenvalue weighted by Crippen LogP contribution is 2.40. The van der Waals surface area contributed by atoms with Gasteiger partial charge in [-0.2, -0.15) is 0 Å². The zero-order valence-corrected chi connectivity index (χ0v) is 23.3. The Morgan fingerprint density at radius 1 is 1.15 bits per heavy atom. The van der Waals surface area contributed by atoms with Crippen molar-refractivity contribution in [1.82, 2.24) is 4.57 Å². The molecule has 40 heavy (non-hydrogen) atoms. The number of furan rings is 1. The van der Waals surface area contributed by atoms with Crippen molar-refractivity contribution in [1.29, 1.82) is 0 Å². The van der Waals surface area contributed by atoms with Crippen LogP contribution in [0.4, 0.5) is 5.88 Å². The van der Waals surface area contributed by atoms with Crippen molar-refractivity contribution < 1.29 is 23.4 Å². The van der Waals surface area contributed by atoms with Crippen LogP contribution in [0.3, 0.4) is 0 Å². The molecule has 9 nitrogen and oxygen atoms in total. The monoisotopic (exact) mass is 559 g/mol. The molecule has 10 heteroatoms. The topological polar surface area (TPSA) is 95.5 Å². The van der Waals surface area contributed by atoms with Gasteiger partial charge in [0.2, 0.25) is 0 Å². The molecule has 2 aromatic heterocycles. The molecule has 4 aromatic rings. The molecule has 0 radical (unpaired) electrons. The summed E-state index contributed by atoms with van der Waals surface area (Å²) in [5.41, 5.74) is 1.24. The average Bonchev–Trinajstić information content (AvgIpc) is 3.56. The summed E-state index contributed by atoms with van der Waals surface area (Å²) < 4.78 is 24.8. The Kier molecular flexibility index (Phi) is 7.03. The lowest BCUT2D eigenvalue weighted by molar-refractivity contribution is -0.139. The van der Waals surface area contributed by atoms with Gasteiger partial charge in [-0.25, -0.2) is 9.79 Å². The third kappa shape index (κ3) is 4.52. The van der Waals surface area contributed by atoms with Gasteiger partial charge in [0.05, 0.1) is 42.7 Å². The number of aromatic nitrogens is 1. The number of rotatable bonds is 6. The molecule has 0 N–H and O–H groups in total. The number of thiazole rings is 1. The van der Waals surface area contributed by atoms with Gasteiger partial charge in [0.25, 0.3) is 5.56 Å². The summed E-state index contributed by atoms with van der Waals surface area (Å²) in [5, 5.41) is 1.84. The van der Waals surface area contributed by atoms with E-state index in [4.69, 9.17) is 23.6 Å². The van der Waals surface area contributed by atoms with Crippen molar-refractivity contribution in [2.24, 2.45) is 4.99 Å². The van der Waals surface area contributed by atoms with Gasteiger partial charge in [0.15, 0.2) is 10.7 Å². The van der Waals surface area contributed by atoms with Crippen LogP contribution in [0, 0.1) is 0 Å². The zero-order valence-electron chi connectivity index (χ0n) is 22.5. The molecule has 0 amide bonds. The number of hydrogen-bond acceptors (Lipinski definition) is 9. The minimum absolute atomic E-state index is 0.198. The van der Waals surface area contributed by atoms with Crippen LogP contribution in [0.25, 0.3) is 16.8 Å². The van der Waals surface area contributed by atoms with E-state index in [2.05, 4.69) is 4.90 Å². The van der Waals surface area contributed by atoms with Crippen molar-refractivity contribution in [2.75, 3.05) is 44.9 Å². The van der Waals surface area contributed by atoms with Crippen molar-refractivity contribution >= 4 is 40.0 Å². The molecule has 2 aliphatic heterocycles. The number of ether oxygens (including phenoxy) is 3. The Balaban J connectivity index is 1.55. The summed E-state index contributed by atoms with van der Waals surface area (Å²) in [6.45, 7) is 6.52. The van der Waals surface area contributed by atoms with Crippen LogP contribution in [0.5, 0.6) is 5.75 Å². The first-order valence-electron chi connectivity index (χ1n) is 13.2. The van der Waals surface area contributed by atoms with E-state index >= 15 is 0 Å². The van der Waals surface area contributed by atoms with Crippen molar-refractivity contribution in [3.63, 3.8) is 0 Å². The van der Waals surface area contributed by atoms with E-state index in [0.717, 1.165) is 29.7 Å². The number of hydrogen-bond donors (Lipinski definition) is 0. The van der Waals surface area contributed by atoms with Gasteiger partial charge >= 0.3 is 5.97 Å². The van der Waals surface area contributed by atoms with Gasteiger partial charge in [0.1, 0.15) is 17.6 Å². The van der Waals surface area contributed by atoms with E-state index in [1.165, 1.54) is 11.3 Å². The Morgan fingerprint density at radius 2 is 1.95 bits per heavy atom. The van der Waals surface area contributed by atoms with E-state index in [1.807, 2.05) is 48.5 Å². The molecule has 0 unspecified atom stereocenters. The predicted octanol–water partition coefficient (Wildman–Crippen LogP) is 3.39. The second-order valence-corrected chi connectivity index (χ2v) is 10.5. The second kappa shape index (κ2) is 10.8. The molecule has 0 spiro atoms. The minimum Gasteiger partial charge on any atom is -0.496 e. The first kappa shape index (κ1) is 26.1. The third-order valence-electron chi connectivity index (χ3n) is 7.15. The molecule has 206 valence electrons. The largest absolute Gasteiger partial charge is 0.496 e. The molecule has 1 fully saturated rings. The number of methoxy groups -OCH3 is 1. The van der Waals surface area contributed by atoms with Gasteiger partial charge in [0, 0.05) is 30.8 Å². The van der Waals surface area contributed by atoms with Crippen molar-refractivity contribution in [2.45, 2.75) is 19.9 Å². The molecule has 0 saturated carbocycles. The highest BCUT2D eigenvalue weighted by atomic mass is 32.1. The average molecular weight is 560 g/mol. The third-order valence-corrected chi connectivity index (χ3v) is 8.13. The van der Waals surface area contributed by atoms with Gasteiger partial charge in [-0.1, -0.05) is 41.7 Å². The summed E-state index contributed by atoms with van der Waals surface area (Å²) >= 11 is 1.26. The van der Waals surface area contributed by atoms with Crippen molar-refractivity contribution in [3.8, 4) is 5.75 Å². The molecule has 0 aliphatic carbocycles. The van der Waals surface area contributed by atoms with Gasteiger partial charge in [-0.3, -0.25) is 9.36 Å². The minimum atomic E-state index is -0.793. The van der Waals surface area contributed by atoms with Gasteiger partial charge in [-0.15, -0.1) is 0 Å². The second-order valence-electron chi connectivity index (χ2n) is 9.48. The van der Waals surface area contributed by atoms with Crippen LogP contribution in [-0.4, -0.2) is 50.6 Å². The van der Waals surface area contributed by atoms with E-state index in [1.54, 1.807) is 31.6 Å². The number of benzene rings is 2. The summed E-state index contributed by atoms with van der Waals surface area (Å²) in [6.07, 6.45) is 1.73. The summed E-state index contributed by atoms with van der Waals surface area (Å²) in [4.78, 5) is 34.7. The van der Waals surface area contributed by atoms with Gasteiger partial charge in [-0.05, 0) is 36.8 Å². The summed E-state index contributed by atoms with van der Waals surface area (Å²) in [6, 6.07) is 14.6. The summed E-state index contributed by atoms with van der Waals surface area (Å²) in [7, 11) is 1.58. The van der Waals surface area contributed by atoms with Crippen LogP contribution in [0.15, 0.2) is 74.0 Å². The molecule has 1 atom stereocenters. The number of allylic oxidation sites excluding steroid dienone is 1. The number of nitrogens with zero attached hydrogens (tertiary/aromatic N) is 3. The number of carbonyl (C=O) groups excluding carboxylic acids is 1. The Bertz CT molecular complexity index is 1810. The Labute approximate surface area is 234 Å². The van der Waals surface area contributed by atoms with Crippen LogP contribution < -0.4 is 24.5 Å². The first-order chi connectivity index (χ1) is 19.5. The highest BCUT2D eigenvalue weighted by Gasteiger charge is 2.36. The van der Waals surface area contributed by atoms with Crippen LogP contribution in [0.1, 0.15) is 31.2 Å². The molecule has 2 aromatic carbocycles. The Morgan fingerprint density at radius 3 is 2.73 bits per heavy atom. The van der Waals surface area contributed by atoms with E-state index in [-0.39, 0.29) is 12.2 Å². The van der Waals surface area contributed by atoms with E-state index < -0.39 is 12.0 Å². The number of fused-ring (bicyclic) bond motifs is 2. The molecule has 0 bridgehead atoms. The number of esters is 1. The molecular formula is C30H29N3O6S. The number of anilines is 1. The fourth-order valence-corrected chi connectivity index (χ4v) is 6.33.